The van der Waals surface area contributed by atoms with Crippen LogP contribution in [0.4, 0.5) is 10.1 Å². The second-order valence-corrected chi connectivity index (χ2v) is 9.67. The molecule has 6 nitrogen and oxygen atoms in total. The molecule has 1 amide bonds. The number of piperidine rings is 1. The summed E-state index contributed by atoms with van der Waals surface area (Å²) in [5.41, 5.74) is 1.52. The average molecular weight is 430 g/mol. The van der Waals surface area contributed by atoms with Crippen molar-refractivity contribution in [2.45, 2.75) is 38.5 Å². The Hall–Kier alpha value is -2.76. The van der Waals surface area contributed by atoms with Crippen LogP contribution in [0.25, 0.3) is 0 Å². The molecule has 0 unspecified atom stereocenters. The molecule has 2 aromatic rings. The molecule has 1 N–H and O–H groups in total. The zero-order chi connectivity index (χ0) is 22.1. The van der Waals surface area contributed by atoms with Crippen LogP contribution in [-0.2, 0) is 10.0 Å². The van der Waals surface area contributed by atoms with Crippen molar-refractivity contribution in [3.63, 3.8) is 0 Å². The lowest BCUT2D eigenvalue weighted by Gasteiger charge is -2.30. The third-order valence-corrected chi connectivity index (χ3v) is 7.61. The van der Waals surface area contributed by atoms with E-state index < -0.39 is 21.7 Å². The molecule has 1 aliphatic rings. The van der Waals surface area contributed by atoms with E-state index in [-0.39, 0.29) is 21.7 Å². The lowest BCUT2D eigenvalue weighted by atomic mass is 10.0. The molecule has 2 aromatic carbocycles. The van der Waals surface area contributed by atoms with Crippen LogP contribution in [0.5, 0.6) is 0 Å². The van der Waals surface area contributed by atoms with E-state index in [0.717, 1.165) is 18.9 Å². The molecule has 0 radical (unpaired) electrons. The zero-order valence-electron chi connectivity index (χ0n) is 17.2. The summed E-state index contributed by atoms with van der Waals surface area (Å²) in [4.78, 5) is 12.9. The number of rotatable bonds is 4. The quantitative estimate of drug-likeness (QED) is 0.796. The summed E-state index contributed by atoms with van der Waals surface area (Å²) in [7, 11) is -3.73. The van der Waals surface area contributed by atoms with E-state index in [0.29, 0.717) is 30.1 Å². The maximum Gasteiger partial charge on any atom is 0.255 e. The summed E-state index contributed by atoms with van der Waals surface area (Å²) in [5, 5.41) is 11.4. The van der Waals surface area contributed by atoms with E-state index in [9.17, 15) is 17.6 Å². The van der Waals surface area contributed by atoms with Gasteiger partial charge < -0.3 is 5.32 Å². The molecule has 8 heteroatoms. The Morgan fingerprint density at radius 2 is 1.87 bits per heavy atom. The smallest absolute Gasteiger partial charge is 0.255 e. The predicted molar refractivity (Wildman–Crippen MR) is 112 cm³/mol. The van der Waals surface area contributed by atoms with Gasteiger partial charge in [0, 0.05) is 24.3 Å². The molecule has 0 aromatic heterocycles. The standard InChI is InChI=1S/C22H24FN3O3S/c1-14-6-8-26(9-7-14)30(28,29)21-11-18(10-15(2)16(21)3)22(27)25-19-5-4-17(13-24)20(23)12-19/h4-5,10-12,14H,6-9H2,1-3H3,(H,25,27). The van der Waals surface area contributed by atoms with Gasteiger partial charge in [-0.15, -0.1) is 0 Å². The van der Waals surface area contributed by atoms with Crippen molar-refractivity contribution in [1.29, 1.82) is 5.26 Å². The number of anilines is 1. The first-order valence-electron chi connectivity index (χ1n) is 9.76. The second kappa shape index (κ2) is 8.54. The van der Waals surface area contributed by atoms with Gasteiger partial charge in [-0.3, -0.25) is 4.79 Å². The zero-order valence-corrected chi connectivity index (χ0v) is 18.0. The number of halogens is 1. The molecule has 30 heavy (non-hydrogen) atoms. The Morgan fingerprint density at radius 3 is 2.47 bits per heavy atom. The van der Waals surface area contributed by atoms with Crippen LogP contribution < -0.4 is 5.32 Å². The Morgan fingerprint density at radius 1 is 1.20 bits per heavy atom. The summed E-state index contributed by atoms with van der Waals surface area (Å²) in [6.45, 7) is 6.51. The monoisotopic (exact) mass is 429 g/mol. The number of aryl methyl sites for hydroxylation is 1. The Kier molecular flexibility index (Phi) is 6.25. The van der Waals surface area contributed by atoms with Crippen molar-refractivity contribution in [3.05, 3.63) is 58.4 Å². The van der Waals surface area contributed by atoms with Gasteiger partial charge in [-0.1, -0.05) is 6.92 Å². The Labute approximate surface area is 176 Å². The highest BCUT2D eigenvalue weighted by molar-refractivity contribution is 7.89. The topological polar surface area (TPSA) is 90.3 Å². The predicted octanol–water partition coefficient (Wildman–Crippen LogP) is 3.99. The van der Waals surface area contributed by atoms with Crippen molar-refractivity contribution in [2.24, 2.45) is 5.92 Å². The molecular formula is C22H24FN3O3S. The first-order valence-corrected chi connectivity index (χ1v) is 11.2. The minimum absolute atomic E-state index is 0.119. The van der Waals surface area contributed by atoms with Gasteiger partial charge in [0.2, 0.25) is 10.0 Å². The fraction of sp³-hybridized carbons (Fsp3) is 0.364. The molecule has 1 aliphatic heterocycles. The number of sulfonamides is 1. The third-order valence-electron chi connectivity index (χ3n) is 5.59. The number of nitrogens with one attached hydrogen (secondary N) is 1. The van der Waals surface area contributed by atoms with Gasteiger partial charge >= 0.3 is 0 Å². The maximum absolute atomic E-state index is 13.8. The van der Waals surface area contributed by atoms with Crippen LogP contribution in [0.2, 0.25) is 0 Å². The van der Waals surface area contributed by atoms with Gasteiger partial charge in [0.1, 0.15) is 11.9 Å². The van der Waals surface area contributed by atoms with Crippen LogP contribution in [0.3, 0.4) is 0 Å². The summed E-state index contributed by atoms with van der Waals surface area (Å²) >= 11 is 0. The van der Waals surface area contributed by atoms with Gasteiger partial charge in [-0.2, -0.15) is 9.57 Å². The normalized spacial score (nSPS) is 15.6. The molecule has 0 atom stereocenters. The van der Waals surface area contributed by atoms with Crippen molar-refractivity contribution >= 4 is 21.6 Å². The van der Waals surface area contributed by atoms with E-state index in [1.807, 2.05) is 0 Å². The Balaban J connectivity index is 1.92. The van der Waals surface area contributed by atoms with Crippen LogP contribution in [0.1, 0.15) is 46.8 Å². The molecule has 0 spiro atoms. The summed E-state index contributed by atoms with van der Waals surface area (Å²) in [5.74, 6) is -0.798. The molecule has 1 fully saturated rings. The lowest BCUT2D eigenvalue weighted by Crippen LogP contribution is -2.38. The van der Waals surface area contributed by atoms with Crippen LogP contribution in [-0.4, -0.2) is 31.7 Å². The van der Waals surface area contributed by atoms with E-state index in [1.165, 1.54) is 22.5 Å². The van der Waals surface area contributed by atoms with Crippen molar-refractivity contribution in [1.82, 2.24) is 4.31 Å². The highest BCUT2D eigenvalue weighted by Crippen LogP contribution is 2.28. The summed E-state index contributed by atoms with van der Waals surface area (Å²) < 4.78 is 41.8. The highest BCUT2D eigenvalue weighted by Gasteiger charge is 2.30. The SMILES string of the molecule is Cc1cc(C(=O)Nc2ccc(C#N)c(F)c2)cc(S(=O)(=O)N2CCC(C)CC2)c1C. The number of amides is 1. The number of benzene rings is 2. The molecule has 3 rings (SSSR count). The average Bonchev–Trinajstić information content (AvgIpc) is 2.70. The first-order chi connectivity index (χ1) is 14.1. The van der Waals surface area contributed by atoms with Crippen molar-refractivity contribution in [3.8, 4) is 6.07 Å². The van der Waals surface area contributed by atoms with E-state index >= 15 is 0 Å². The number of hydrogen-bond acceptors (Lipinski definition) is 4. The maximum atomic E-state index is 13.8. The number of nitriles is 1. The molecule has 0 bridgehead atoms. The summed E-state index contributed by atoms with van der Waals surface area (Å²) in [6.07, 6.45) is 1.61. The molecule has 1 saturated heterocycles. The number of nitrogens with zero attached hydrogens (tertiary/aromatic N) is 2. The third kappa shape index (κ3) is 4.37. The molecule has 0 aliphatic carbocycles. The minimum atomic E-state index is -3.73. The fourth-order valence-electron chi connectivity index (χ4n) is 3.48. The van der Waals surface area contributed by atoms with Crippen LogP contribution in [0.15, 0.2) is 35.2 Å². The molecule has 1 heterocycles. The molecule has 0 saturated carbocycles. The number of carbonyl (C=O) groups excluding carboxylic acids is 1. The van der Waals surface area contributed by atoms with Gasteiger partial charge in [0.05, 0.1) is 10.5 Å². The van der Waals surface area contributed by atoms with Gasteiger partial charge in [0.15, 0.2) is 0 Å². The lowest BCUT2D eigenvalue weighted by molar-refractivity contribution is 0.102. The molecule has 158 valence electrons. The number of carbonyl (C=O) groups is 1. The van der Waals surface area contributed by atoms with Gasteiger partial charge in [-0.05, 0) is 74.1 Å². The fourth-order valence-corrected chi connectivity index (χ4v) is 5.27. The number of hydrogen-bond donors (Lipinski definition) is 1. The first kappa shape index (κ1) is 21.9. The van der Waals surface area contributed by atoms with E-state index in [4.69, 9.17) is 5.26 Å². The molecular weight excluding hydrogens is 405 g/mol. The van der Waals surface area contributed by atoms with Crippen molar-refractivity contribution in [2.75, 3.05) is 18.4 Å². The van der Waals surface area contributed by atoms with E-state index in [2.05, 4.69) is 12.2 Å². The van der Waals surface area contributed by atoms with E-state index in [1.54, 1.807) is 26.0 Å². The second-order valence-electron chi connectivity index (χ2n) is 7.76. The summed E-state index contributed by atoms with van der Waals surface area (Å²) in [6, 6.07) is 8.47. The highest BCUT2D eigenvalue weighted by atomic mass is 32.2. The van der Waals surface area contributed by atoms with Gasteiger partial charge in [0.25, 0.3) is 5.91 Å². The largest absolute Gasteiger partial charge is 0.322 e. The Bertz CT molecular complexity index is 1130. The van der Waals surface area contributed by atoms with Crippen molar-refractivity contribution < 1.29 is 17.6 Å². The van der Waals surface area contributed by atoms with Gasteiger partial charge in [-0.25, -0.2) is 12.8 Å². The van der Waals surface area contributed by atoms with Crippen LogP contribution in [0, 0.1) is 36.9 Å². The minimum Gasteiger partial charge on any atom is -0.322 e. The van der Waals surface area contributed by atoms with Crippen LogP contribution >= 0.6 is 0 Å².